The van der Waals surface area contributed by atoms with Crippen LogP contribution in [0, 0.1) is 0 Å². The quantitative estimate of drug-likeness (QED) is 0.834. The highest BCUT2D eigenvalue weighted by Gasteiger charge is 2.61. The lowest BCUT2D eigenvalue weighted by Gasteiger charge is -2.18. The van der Waals surface area contributed by atoms with Gasteiger partial charge in [-0.2, -0.15) is 40.2 Å². The normalized spacial score (nSPS) is 24.1. The second-order valence-electron chi connectivity index (χ2n) is 5.03. The maximum atomic E-state index is 13.7. The highest BCUT2D eigenvalue weighted by atomic mass is 19.4. The number of alkyl halides is 9. The van der Waals surface area contributed by atoms with Crippen LogP contribution in [-0.2, 0) is 12.7 Å². The monoisotopic (exact) mass is 356 g/mol. The summed E-state index contributed by atoms with van der Waals surface area (Å²) in [5.41, 5.74) is -4.59. The molecule has 0 amide bonds. The molecular formula is C11H9F9N2O. The highest BCUT2D eigenvalue weighted by molar-refractivity contribution is 5.40. The minimum absolute atomic E-state index is 0.124. The molecule has 23 heavy (non-hydrogen) atoms. The van der Waals surface area contributed by atoms with E-state index in [1.165, 1.54) is 0 Å². The van der Waals surface area contributed by atoms with Crippen molar-refractivity contribution in [3.05, 3.63) is 17.0 Å². The second-order valence-corrected chi connectivity index (χ2v) is 5.03. The second kappa shape index (κ2) is 5.28. The third-order valence-corrected chi connectivity index (χ3v) is 3.34. The van der Waals surface area contributed by atoms with Crippen LogP contribution in [0.1, 0.15) is 42.1 Å². The number of aryl methyl sites for hydroxylation is 1. The number of halogens is 9. The largest absolute Gasteiger partial charge is 0.435 e. The standard InChI is InChI=1S/C11H9F9N2O/c12-6-5-4(8(23)10(6,16)17)7(11(18,19)20)21-22(5)3-1-2-9(13,14)15/h6,8,23H,1-3H2. The van der Waals surface area contributed by atoms with Crippen molar-refractivity contribution in [3.8, 4) is 0 Å². The minimum atomic E-state index is -5.26. The number of aromatic nitrogens is 2. The molecule has 12 heteroatoms. The van der Waals surface area contributed by atoms with Crippen molar-refractivity contribution in [1.29, 1.82) is 0 Å². The van der Waals surface area contributed by atoms with Crippen molar-refractivity contribution in [1.82, 2.24) is 9.78 Å². The molecule has 1 aromatic rings. The van der Waals surface area contributed by atoms with Gasteiger partial charge >= 0.3 is 18.3 Å². The summed E-state index contributed by atoms with van der Waals surface area (Å²) in [6.45, 7) is -0.846. The van der Waals surface area contributed by atoms with Crippen molar-refractivity contribution < 1.29 is 44.6 Å². The van der Waals surface area contributed by atoms with Crippen LogP contribution in [0.15, 0.2) is 0 Å². The Morgan fingerprint density at radius 2 is 1.70 bits per heavy atom. The summed E-state index contributed by atoms with van der Waals surface area (Å²) in [7, 11) is 0. The first kappa shape index (κ1) is 17.9. The minimum Gasteiger partial charge on any atom is -0.382 e. The van der Waals surface area contributed by atoms with Gasteiger partial charge in [-0.15, -0.1) is 0 Å². The van der Waals surface area contributed by atoms with E-state index in [1.807, 2.05) is 0 Å². The third-order valence-electron chi connectivity index (χ3n) is 3.34. The van der Waals surface area contributed by atoms with E-state index >= 15 is 0 Å². The Morgan fingerprint density at radius 1 is 1.13 bits per heavy atom. The molecule has 1 heterocycles. The SMILES string of the molecule is OC1c2c(C(F)(F)F)nn(CCCC(F)(F)F)c2C(F)C1(F)F. The van der Waals surface area contributed by atoms with Crippen LogP contribution in [0.2, 0.25) is 0 Å². The summed E-state index contributed by atoms with van der Waals surface area (Å²) in [6, 6.07) is 0. The topological polar surface area (TPSA) is 38.1 Å². The molecular weight excluding hydrogens is 347 g/mol. The van der Waals surface area contributed by atoms with Crippen molar-refractivity contribution in [2.45, 2.75) is 49.9 Å². The summed E-state index contributed by atoms with van der Waals surface area (Å²) in [6.07, 6.45) is -18.4. The van der Waals surface area contributed by atoms with E-state index in [0.29, 0.717) is 0 Å². The molecule has 2 atom stereocenters. The Bertz CT molecular complexity index is 590. The number of nitrogens with zero attached hydrogens (tertiary/aromatic N) is 2. The van der Waals surface area contributed by atoms with Crippen LogP contribution in [0.25, 0.3) is 0 Å². The maximum absolute atomic E-state index is 13.7. The zero-order valence-corrected chi connectivity index (χ0v) is 11.0. The molecule has 0 spiro atoms. The van der Waals surface area contributed by atoms with Gasteiger partial charge in [-0.3, -0.25) is 4.68 Å². The molecule has 3 nitrogen and oxygen atoms in total. The van der Waals surface area contributed by atoms with E-state index in [4.69, 9.17) is 0 Å². The zero-order chi connectivity index (χ0) is 17.8. The fraction of sp³-hybridized carbons (Fsp3) is 0.727. The Hall–Kier alpha value is -1.46. The molecule has 0 aromatic carbocycles. The number of hydrogen-bond donors (Lipinski definition) is 1. The average molecular weight is 356 g/mol. The van der Waals surface area contributed by atoms with Crippen LogP contribution in [0.3, 0.4) is 0 Å². The highest BCUT2D eigenvalue weighted by Crippen LogP contribution is 2.55. The number of rotatable bonds is 3. The smallest absolute Gasteiger partial charge is 0.382 e. The Balaban J connectivity index is 2.41. The van der Waals surface area contributed by atoms with Gasteiger partial charge in [0.05, 0.1) is 5.69 Å². The molecule has 2 unspecified atom stereocenters. The zero-order valence-electron chi connectivity index (χ0n) is 11.0. The van der Waals surface area contributed by atoms with Crippen molar-refractivity contribution in [2.24, 2.45) is 0 Å². The lowest BCUT2D eigenvalue weighted by molar-refractivity contribution is -0.157. The summed E-state index contributed by atoms with van der Waals surface area (Å²) in [5, 5.41) is 12.1. The molecule has 0 fully saturated rings. The van der Waals surface area contributed by atoms with Crippen LogP contribution in [0.4, 0.5) is 39.5 Å². The predicted molar refractivity (Wildman–Crippen MR) is 56.3 cm³/mol. The molecule has 1 aliphatic carbocycles. The lowest BCUT2D eigenvalue weighted by atomic mass is 10.1. The molecule has 1 aliphatic rings. The molecule has 2 rings (SSSR count). The first-order chi connectivity index (χ1) is 10.3. The van der Waals surface area contributed by atoms with Crippen LogP contribution < -0.4 is 0 Å². The van der Waals surface area contributed by atoms with Gasteiger partial charge < -0.3 is 5.11 Å². The molecule has 0 saturated carbocycles. The lowest BCUT2D eigenvalue weighted by Crippen LogP contribution is -2.27. The van der Waals surface area contributed by atoms with Gasteiger partial charge in [0.1, 0.15) is 6.10 Å². The summed E-state index contributed by atoms with van der Waals surface area (Å²) in [5.74, 6) is -4.51. The Morgan fingerprint density at radius 3 is 2.17 bits per heavy atom. The van der Waals surface area contributed by atoms with E-state index in [-0.39, 0.29) is 4.68 Å². The van der Waals surface area contributed by atoms with Gasteiger partial charge in [0.25, 0.3) is 0 Å². The number of aliphatic hydroxyl groups is 1. The van der Waals surface area contributed by atoms with E-state index in [1.54, 1.807) is 0 Å². The Labute approximate surface area is 122 Å². The van der Waals surface area contributed by atoms with Gasteiger partial charge in [0, 0.05) is 18.5 Å². The summed E-state index contributed by atoms with van der Waals surface area (Å²) < 4.78 is 115. The summed E-state index contributed by atoms with van der Waals surface area (Å²) >= 11 is 0. The van der Waals surface area contributed by atoms with Crippen molar-refractivity contribution >= 4 is 0 Å². The fourth-order valence-electron chi connectivity index (χ4n) is 2.35. The number of aliphatic hydroxyl groups excluding tert-OH is 1. The van der Waals surface area contributed by atoms with E-state index in [2.05, 4.69) is 5.10 Å². The van der Waals surface area contributed by atoms with Gasteiger partial charge in [-0.05, 0) is 6.42 Å². The van der Waals surface area contributed by atoms with Crippen LogP contribution >= 0.6 is 0 Å². The molecule has 0 bridgehead atoms. The van der Waals surface area contributed by atoms with Crippen molar-refractivity contribution in [2.75, 3.05) is 0 Å². The van der Waals surface area contributed by atoms with Gasteiger partial charge in [-0.1, -0.05) is 0 Å². The number of fused-ring (bicyclic) bond motifs is 1. The van der Waals surface area contributed by atoms with E-state index in [0.717, 1.165) is 0 Å². The molecule has 0 radical (unpaired) electrons. The number of hydrogen-bond acceptors (Lipinski definition) is 2. The molecule has 1 aromatic heterocycles. The van der Waals surface area contributed by atoms with E-state index < -0.39 is 66.9 Å². The Kier molecular flexibility index (Phi) is 4.11. The van der Waals surface area contributed by atoms with Gasteiger partial charge in [0.2, 0.25) is 6.17 Å². The molecule has 1 N–H and O–H groups in total. The fourth-order valence-corrected chi connectivity index (χ4v) is 2.35. The van der Waals surface area contributed by atoms with Gasteiger partial charge in [-0.25, -0.2) is 4.39 Å². The summed E-state index contributed by atoms with van der Waals surface area (Å²) in [4.78, 5) is 0. The van der Waals surface area contributed by atoms with Crippen LogP contribution in [0.5, 0.6) is 0 Å². The van der Waals surface area contributed by atoms with Gasteiger partial charge in [0.15, 0.2) is 5.69 Å². The molecule has 0 saturated heterocycles. The molecule has 132 valence electrons. The van der Waals surface area contributed by atoms with E-state index in [9.17, 15) is 44.6 Å². The van der Waals surface area contributed by atoms with Crippen LogP contribution in [-0.4, -0.2) is 27.0 Å². The maximum Gasteiger partial charge on any atom is 0.435 e. The van der Waals surface area contributed by atoms with Crippen molar-refractivity contribution in [3.63, 3.8) is 0 Å². The predicted octanol–water partition coefficient (Wildman–Crippen LogP) is 3.94. The molecule has 0 aliphatic heterocycles. The first-order valence-corrected chi connectivity index (χ1v) is 6.21. The average Bonchev–Trinajstić information content (AvgIpc) is 2.80. The third kappa shape index (κ3) is 3.12. The first-order valence-electron chi connectivity index (χ1n) is 6.21.